The highest BCUT2D eigenvalue weighted by atomic mass is 19.1. The normalized spacial score (nSPS) is 18.3. The number of hydrogen-bond acceptors (Lipinski definition) is 5. The van der Waals surface area contributed by atoms with Crippen LogP contribution in [0.1, 0.15) is 43.1 Å². The van der Waals surface area contributed by atoms with Gasteiger partial charge < -0.3 is 24.5 Å². The Hall–Kier alpha value is -3.29. The topological polar surface area (TPSA) is 73.3 Å². The van der Waals surface area contributed by atoms with Gasteiger partial charge in [-0.2, -0.15) is 0 Å². The van der Waals surface area contributed by atoms with Gasteiger partial charge >= 0.3 is 6.09 Å². The lowest BCUT2D eigenvalue weighted by molar-refractivity contribution is 0.0237. The SMILES string of the molecule is CN(C(=O)OC(C)(C)C)C1CCN(c2ccc(N3CCc4cc(O)ccc4C3=O)cc2F)C1. The van der Waals surface area contributed by atoms with Gasteiger partial charge in [-0.3, -0.25) is 4.79 Å². The highest BCUT2D eigenvalue weighted by Gasteiger charge is 2.32. The van der Waals surface area contributed by atoms with Gasteiger partial charge in [0, 0.05) is 37.9 Å². The summed E-state index contributed by atoms with van der Waals surface area (Å²) in [5.74, 6) is -0.479. The molecule has 2 amide bonds. The van der Waals surface area contributed by atoms with Crippen molar-refractivity contribution in [1.29, 1.82) is 0 Å². The molecule has 1 N–H and O–H groups in total. The van der Waals surface area contributed by atoms with Gasteiger partial charge in [-0.25, -0.2) is 9.18 Å². The minimum atomic E-state index is -0.571. The van der Waals surface area contributed by atoms with Gasteiger partial charge in [0.1, 0.15) is 17.2 Å². The number of aromatic hydroxyl groups is 1. The molecule has 2 aliphatic rings. The van der Waals surface area contributed by atoms with Crippen molar-refractivity contribution in [3.8, 4) is 5.75 Å². The molecule has 7 nitrogen and oxygen atoms in total. The molecule has 1 unspecified atom stereocenters. The van der Waals surface area contributed by atoms with Gasteiger partial charge in [-0.15, -0.1) is 0 Å². The van der Waals surface area contributed by atoms with E-state index >= 15 is 4.39 Å². The van der Waals surface area contributed by atoms with E-state index < -0.39 is 11.4 Å². The Morgan fingerprint density at radius 3 is 2.64 bits per heavy atom. The Bertz CT molecular complexity index is 1080. The minimum absolute atomic E-state index is 0.0736. The molecular weight excluding hydrogens is 425 g/mol. The molecule has 4 rings (SSSR count). The number of ether oxygens (including phenoxy) is 1. The highest BCUT2D eigenvalue weighted by molar-refractivity contribution is 6.08. The second kappa shape index (κ2) is 8.57. The Labute approximate surface area is 193 Å². The number of benzene rings is 2. The summed E-state index contributed by atoms with van der Waals surface area (Å²) in [5.41, 5.74) is 1.70. The molecule has 2 aliphatic heterocycles. The summed E-state index contributed by atoms with van der Waals surface area (Å²) in [4.78, 5) is 30.4. The van der Waals surface area contributed by atoms with E-state index in [1.165, 1.54) is 12.1 Å². The first-order valence-electron chi connectivity index (χ1n) is 11.2. The number of halogens is 1. The molecule has 2 heterocycles. The van der Waals surface area contributed by atoms with Crippen LogP contribution in [0.3, 0.4) is 0 Å². The van der Waals surface area contributed by atoms with Crippen LogP contribution in [-0.2, 0) is 11.2 Å². The van der Waals surface area contributed by atoms with Crippen LogP contribution in [0, 0.1) is 5.82 Å². The molecule has 1 atom stereocenters. The van der Waals surface area contributed by atoms with Gasteiger partial charge in [-0.05, 0) is 75.6 Å². The molecular formula is C25H30FN3O4. The zero-order valence-corrected chi connectivity index (χ0v) is 19.5. The van der Waals surface area contributed by atoms with Crippen LogP contribution in [0.2, 0.25) is 0 Å². The number of nitrogens with zero attached hydrogens (tertiary/aromatic N) is 3. The van der Waals surface area contributed by atoms with Crippen molar-refractivity contribution in [2.24, 2.45) is 0 Å². The van der Waals surface area contributed by atoms with E-state index in [9.17, 15) is 14.7 Å². The van der Waals surface area contributed by atoms with Gasteiger partial charge in [0.05, 0.1) is 11.7 Å². The van der Waals surface area contributed by atoms with Crippen molar-refractivity contribution >= 4 is 23.4 Å². The number of hydrogen-bond donors (Lipinski definition) is 1. The van der Waals surface area contributed by atoms with Gasteiger partial charge in [0.15, 0.2) is 0 Å². The van der Waals surface area contributed by atoms with Crippen molar-refractivity contribution in [3.63, 3.8) is 0 Å². The smallest absolute Gasteiger partial charge is 0.410 e. The van der Waals surface area contributed by atoms with Crippen LogP contribution < -0.4 is 9.80 Å². The number of rotatable bonds is 3. The summed E-state index contributed by atoms with van der Waals surface area (Å²) in [6.07, 6.45) is 0.914. The molecule has 2 aromatic carbocycles. The maximum absolute atomic E-state index is 15.1. The largest absolute Gasteiger partial charge is 0.508 e. The quantitative estimate of drug-likeness (QED) is 0.752. The van der Waals surface area contributed by atoms with Gasteiger partial charge in [0.25, 0.3) is 5.91 Å². The first kappa shape index (κ1) is 22.9. The van der Waals surface area contributed by atoms with Crippen molar-refractivity contribution in [2.45, 2.75) is 45.3 Å². The van der Waals surface area contributed by atoms with E-state index in [-0.39, 0.29) is 23.8 Å². The number of phenols is 1. The van der Waals surface area contributed by atoms with Gasteiger partial charge in [0.2, 0.25) is 0 Å². The summed E-state index contributed by atoms with van der Waals surface area (Å²) in [6.45, 7) is 7.02. The van der Waals surface area contributed by atoms with Crippen LogP contribution in [0.5, 0.6) is 5.75 Å². The zero-order valence-electron chi connectivity index (χ0n) is 19.5. The fourth-order valence-electron chi connectivity index (χ4n) is 4.40. The second-order valence-electron chi connectivity index (χ2n) is 9.66. The van der Waals surface area contributed by atoms with Crippen molar-refractivity contribution in [1.82, 2.24) is 4.90 Å². The van der Waals surface area contributed by atoms with E-state index in [4.69, 9.17) is 4.74 Å². The third-order valence-electron chi connectivity index (χ3n) is 6.15. The van der Waals surface area contributed by atoms with Crippen molar-refractivity contribution in [3.05, 3.63) is 53.3 Å². The molecule has 0 aromatic heterocycles. The molecule has 176 valence electrons. The number of fused-ring (bicyclic) bond motifs is 1. The first-order valence-corrected chi connectivity index (χ1v) is 11.2. The van der Waals surface area contributed by atoms with Crippen LogP contribution in [0.15, 0.2) is 36.4 Å². The van der Waals surface area contributed by atoms with E-state index in [1.54, 1.807) is 41.1 Å². The summed E-state index contributed by atoms with van der Waals surface area (Å²) < 4.78 is 20.6. The maximum Gasteiger partial charge on any atom is 0.410 e. The van der Waals surface area contributed by atoms with E-state index in [0.29, 0.717) is 49.4 Å². The number of amides is 2. The molecule has 1 fully saturated rings. The van der Waals surface area contributed by atoms with Crippen LogP contribution in [0.25, 0.3) is 0 Å². The molecule has 0 spiro atoms. The van der Waals surface area contributed by atoms with E-state index in [1.807, 2.05) is 25.7 Å². The Balaban J connectivity index is 1.46. The van der Waals surface area contributed by atoms with Crippen molar-refractivity contribution < 1.29 is 23.8 Å². The highest BCUT2D eigenvalue weighted by Crippen LogP contribution is 2.32. The van der Waals surface area contributed by atoms with E-state index in [2.05, 4.69) is 0 Å². The lowest BCUT2D eigenvalue weighted by Crippen LogP contribution is -2.42. The molecule has 0 saturated carbocycles. The summed E-state index contributed by atoms with van der Waals surface area (Å²) in [5, 5.41) is 9.65. The van der Waals surface area contributed by atoms with Crippen LogP contribution in [-0.4, -0.2) is 60.3 Å². The molecule has 0 bridgehead atoms. The minimum Gasteiger partial charge on any atom is -0.508 e. The standard InChI is InChI=1S/C25H30FN3O4/c1-25(2,3)33-24(32)27(4)18-10-11-28(15-18)22-8-5-17(14-21(22)26)29-12-9-16-13-19(30)6-7-20(16)23(29)31/h5-8,13-14,18,30H,9-12,15H2,1-4H3. The molecule has 8 heteroatoms. The zero-order chi connectivity index (χ0) is 23.9. The predicted molar refractivity (Wildman–Crippen MR) is 125 cm³/mol. The number of carbonyl (C=O) groups excluding carboxylic acids is 2. The summed E-state index contributed by atoms with van der Waals surface area (Å²) >= 11 is 0. The predicted octanol–water partition coefficient (Wildman–Crippen LogP) is 4.18. The molecule has 0 aliphatic carbocycles. The monoisotopic (exact) mass is 455 g/mol. The molecule has 0 radical (unpaired) electrons. The Morgan fingerprint density at radius 1 is 1.18 bits per heavy atom. The van der Waals surface area contributed by atoms with E-state index in [0.717, 1.165) is 5.56 Å². The molecule has 1 saturated heterocycles. The van der Waals surface area contributed by atoms with Gasteiger partial charge in [-0.1, -0.05) is 0 Å². The van der Waals surface area contributed by atoms with Crippen LogP contribution in [0.4, 0.5) is 20.6 Å². The number of likely N-dealkylation sites (N-methyl/N-ethyl adjacent to an activating group) is 1. The first-order chi connectivity index (χ1) is 15.5. The third-order valence-corrected chi connectivity index (χ3v) is 6.15. The number of phenolic OH excluding ortho intramolecular Hbond substituents is 1. The fraction of sp³-hybridized carbons (Fsp3) is 0.440. The average Bonchev–Trinajstić information content (AvgIpc) is 3.22. The number of anilines is 2. The molecule has 33 heavy (non-hydrogen) atoms. The van der Waals surface area contributed by atoms with Crippen molar-refractivity contribution in [2.75, 3.05) is 36.5 Å². The lowest BCUT2D eigenvalue weighted by atomic mass is 9.98. The Kier molecular flexibility index (Phi) is 5.95. The molecule has 2 aromatic rings. The fourth-order valence-corrected chi connectivity index (χ4v) is 4.40. The lowest BCUT2D eigenvalue weighted by Gasteiger charge is -2.30. The summed E-state index contributed by atoms with van der Waals surface area (Å²) in [6, 6.07) is 9.47. The second-order valence-corrected chi connectivity index (χ2v) is 9.66. The summed E-state index contributed by atoms with van der Waals surface area (Å²) in [7, 11) is 1.71. The number of carbonyl (C=O) groups is 2. The third kappa shape index (κ3) is 4.74. The van der Waals surface area contributed by atoms with Crippen LogP contribution >= 0.6 is 0 Å². The average molecular weight is 456 g/mol. The Morgan fingerprint density at radius 2 is 1.94 bits per heavy atom. The maximum atomic E-state index is 15.1.